The van der Waals surface area contributed by atoms with Gasteiger partial charge in [-0.2, -0.15) is 4.57 Å². The fourth-order valence-corrected chi connectivity index (χ4v) is 4.38. The third-order valence-corrected chi connectivity index (χ3v) is 6.22. The van der Waals surface area contributed by atoms with Gasteiger partial charge in [-0.05, 0) is 47.4 Å². The largest absolute Gasteiger partial charge is 0.647 e. The molecule has 0 unspecified atom stereocenters. The fraction of sp³-hybridized carbons (Fsp3) is 0.231. The van der Waals surface area contributed by atoms with E-state index in [1.807, 2.05) is 12.1 Å². The highest BCUT2D eigenvalue weighted by Gasteiger charge is 2.36. The van der Waals surface area contributed by atoms with E-state index in [1.54, 1.807) is 36.4 Å². The third kappa shape index (κ3) is 6.43. The van der Waals surface area contributed by atoms with E-state index in [4.69, 9.17) is 23.0 Å². The van der Waals surface area contributed by atoms with E-state index in [0.717, 1.165) is 5.56 Å². The van der Waals surface area contributed by atoms with Crippen molar-refractivity contribution in [2.24, 2.45) is 0 Å². The van der Waals surface area contributed by atoms with Crippen LogP contribution in [0.2, 0.25) is 0 Å². The van der Waals surface area contributed by atoms with E-state index in [0.29, 0.717) is 0 Å². The highest BCUT2D eigenvalue weighted by molar-refractivity contribution is 7.49. The van der Waals surface area contributed by atoms with Crippen LogP contribution in [-0.2, 0) is 19.5 Å². The lowest BCUT2D eigenvalue weighted by atomic mass is 9.87. The van der Waals surface area contributed by atoms with Crippen LogP contribution in [0.25, 0.3) is 0 Å². The molecule has 0 bridgehead atoms. The van der Waals surface area contributed by atoms with E-state index < -0.39 is 19.8 Å². The summed E-state index contributed by atoms with van der Waals surface area (Å²) in [4.78, 5) is 24.4. The number of phosphoric ester groups is 1. The monoisotopic (exact) mass is 498 g/mol. The Morgan fingerprint density at radius 1 is 0.657 bits per heavy atom. The molecule has 0 saturated carbocycles. The molecule has 35 heavy (non-hydrogen) atoms. The number of carbonyl (C=O) groups excluding carboxylic acids is 2. The number of esters is 2. The molecule has 0 N–H and O–H groups in total. The number of hydrogen-bond acceptors (Lipinski definition) is 8. The summed E-state index contributed by atoms with van der Waals surface area (Å²) in [5.74, 6) is -1.35. The van der Waals surface area contributed by atoms with Crippen molar-refractivity contribution >= 4 is 19.8 Å². The molecule has 0 radical (unpaired) electrons. The highest BCUT2D eigenvalue weighted by Crippen LogP contribution is 2.51. The first-order valence-corrected chi connectivity index (χ1v) is 12.2. The maximum Gasteiger partial charge on any atom is 0.647 e. The van der Waals surface area contributed by atoms with Gasteiger partial charge < -0.3 is 23.0 Å². The van der Waals surface area contributed by atoms with Crippen molar-refractivity contribution in [1.29, 1.82) is 0 Å². The zero-order valence-electron chi connectivity index (χ0n) is 20.1. The molecule has 0 aliphatic rings. The van der Waals surface area contributed by atoms with Gasteiger partial charge in [0.1, 0.15) is 28.4 Å². The molecule has 0 aliphatic carbocycles. The van der Waals surface area contributed by atoms with Crippen molar-refractivity contribution in [2.75, 3.05) is 14.2 Å². The second-order valence-corrected chi connectivity index (χ2v) is 9.91. The molecule has 0 atom stereocenters. The molecule has 0 aliphatic heterocycles. The molecule has 0 saturated heterocycles. The van der Waals surface area contributed by atoms with Crippen molar-refractivity contribution in [3.05, 3.63) is 89.5 Å². The molecule has 3 aromatic carbocycles. The maximum absolute atomic E-state index is 14.0. The highest BCUT2D eigenvalue weighted by atomic mass is 31.2. The first-order chi connectivity index (χ1) is 16.6. The zero-order valence-corrected chi connectivity index (χ0v) is 21.0. The van der Waals surface area contributed by atoms with Gasteiger partial charge in [-0.3, -0.25) is 0 Å². The van der Waals surface area contributed by atoms with E-state index in [2.05, 4.69) is 20.8 Å². The lowest BCUT2D eigenvalue weighted by Gasteiger charge is -2.22. The van der Waals surface area contributed by atoms with Crippen LogP contribution in [0, 0.1) is 0 Å². The minimum atomic E-state index is -4.51. The molecule has 0 amide bonds. The van der Waals surface area contributed by atoms with Crippen LogP contribution in [0.1, 0.15) is 47.1 Å². The Morgan fingerprint density at radius 2 is 1.09 bits per heavy atom. The molecule has 3 aromatic rings. The van der Waals surface area contributed by atoms with Crippen molar-refractivity contribution in [3.63, 3.8) is 0 Å². The van der Waals surface area contributed by atoms with Crippen LogP contribution in [0.4, 0.5) is 0 Å². The fourth-order valence-electron chi connectivity index (χ4n) is 3.09. The number of para-hydroxylation sites is 2. The number of phosphoric acid groups is 1. The standard InChI is InChI=1S/C26H27O8P/c1-26(2,3)18-14-16-19(17-15-18)32-35(29,33-22-12-8-6-10-20(22)24(27)30-4)34-23-13-9-7-11-21(23)25(28)31-5/h6-17H,1-5H3. The number of carbonyl (C=O) groups is 2. The van der Waals surface area contributed by atoms with Crippen LogP contribution in [0.5, 0.6) is 17.2 Å². The maximum atomic E-state index is 14.0. The predicted molar refractivity (Wildman–Crippen MR) is 130 cm³/mol. The Balaban J connectivity index is 2.03. The van der Waals surface area contributed by atoms with Crippen molar-refractivity contribution in [3.8, 4) is 17.2 Å². The van der Waals surface area contributed by atoms with Gasteiger partial charge in [0.15, 0.2) is 0 Å². The van der Waals surface area contributed by atoms with Gasteiger partial charge in [0.2, 0.25) is 0 Å². The lowest BCUT2D eigenvalue weighted by Crippen LogP contribution is -2.13. The summed E-state index contributed by atoms with van der Waals surface area (Å²) >= 11 is 0. The Morgan fingerprint density at radius 3 is 1.49 bits per heavy atom. The summed E-state index contributed by atoms with van der Waals surface area (Å²) in [6.07, 6.45) is 0. The third-order valence-electron chi connectivity index (χ3n) is 4.94. The van der Waals surface area contributed by atoms with Crippen molar-refractivity contribution < 1.29 is 37.2 Å². The summed E-state index contributed by atoms with van der Waals surface area (Å²) in [6.45, 7) is 6.19. The van der Waals surface area contributed by atoms with Gasteiger partial charge in [0.05, 0.1) is 14.2 Å². The van der Waals surface area contributed by atoms with Crippen molar-refractivity contribution in [2.45, 2.75) is 26.2 Å². The first kappa shape index (κ1) is 25.8. The Bertz CT molecular complexity index is 1180. The average Bonchev–Trinajstić information content (AvgIpc) is 2.83. The van der Waals surface area contributed by atoms with Crippen LogP contribution in [-0.4, -0.2) is 26.2 Å². The van der Waals surface area contributed by atoms with Crippen molar-refractivity contribution in [1.82, 2.24) is 0 Å². The molecule has 0 heterocycles. The smallest absolute Gasteiger partial charge is 0.465 e. The lowest BCUT2D eigenvalue weighted by molar-refractivity contribution is 0.0590. The summed E-state index contributed by atoms with van der Waals surface area (Å²) in [6, 6.07) is 19.1. The van der Waals surface area contributed by atoms with E-state index in [9.17, 15) is 14.2 Å². The summed E-state index contributed by atoms with van der Waals surface area (Å²) in [5, 5.41) is 0. The molecule has 0 spiro atoms. The van der Waals surface area contributed by atoms with Crippen LogP contribution in [0.3, 0.4) is 0 Å². The van der Waals surface area contributed by atoms with E-state index >= 15 is 0 Å². The second kappa shape index (κ2) is 10.7. The summed E-state index contributed by atoms with van der Waals surface area (Å²) < 4.78 is 40.6. The number of methoxy groups -OCH3 is 2. The molecule has 9 heteroatoms. The van der Waals surface area contributed by atoms with E-state index in [-0.39, 0.29) is 33.8 Å². The van der Waals surface area contributed by atoms with Gasteiger partial charge >= 0.3 is 19.8 Å². The SMILES string of the molecule is COC(=O)c1ccccc1OP(=O)(Oc1ccc(C(C)(C)C)cc1)Oc1ccccc1C(=O)OC. The van der Waals surface area contributed by atoms with Gasteiger partial charge in [-0.1, -0.05) is 57.2 Å². The normalized spacial score (nSPS) is 11.3. The molecule has 0 fully saturated rings. The Labute approximate surface area is 204 Å². The molecule has 3 rings (SSSR count). The van der Waals surface area contributed by atoms with Crippen LogP contribution in [0.15, 0.2) is 72.8 Å². The number of benzene rings is 3. The van der Waals surface area contributed by atoms with Gasteiger partial charge in [0.25, 0.3) is 0 Å². The van der Waals surface area contributed by atoms with Crippen LogP contribution >= 0.6 is 7.82 Å². The van der Waals surface area contributed by atoms with Gasteiger partial charge in [-0.15, -0.1) is 0 Å². The average molecular weight is 498 g/mol. The summed E-state index contributed by atoms with van der Waals surface area (Å²) in [7, 11) is -2.08. The zero-order chi connectivity index (χ0) is 25.6. The molecule has 184 valence electrons. The molecular formula is C26H27O8P. The van der Waals surface area contributed by atoms with E-state index in [1.165, 1.54) is 38.5 Å². The molecule has 0 aromatic heterocycles. The van der Waals surface area contributed by atoms with Crippen LogP contribution < -0.4 is 13.6 Å². The summed E-state index contributed by atoms with van der Waals surface area (Å²) in [5.41, 5.74) is 0.973. The molecule has 8 nitrogen and oxygen atoms in total. The molecular weight excluding hydrogens is 471 g/mol. The van der Waals surface area contributed by atoms with Gasteiger partial charge in [0, 0.05) is 0 Å². The van der Waals surface area contributed by atoms with Gasteiger partial charge in [-0.25, -0.2) is 9.59 Å². The number of hydrogen-bond donors (Lipinski definition) is 0. The number of rotatable bonds is 8. The number of ether oxygens (including phenoxy) is 2. The Hall–Kier alpha value is -3.77. The topological polar surface area (TPSA) is 97.4 Å². The first-order valence-electron chi connectivity index (χ1n) is 10.7. The minimum Gasteiger partial charge on any atom is -0.465 e. The Kier molecular flexibility index (Phi) is 7.87. The second-order valence-electron chi connectivity index (χ2n) is 8.47. The minimum absolute atomic E-state index is 0.0201. The predicted octanol–water partition coefficient (Wildman–Crippen LogP) is 6.20. The quantitative estimate of drug-likeness (QED) is 0.267.